The third-order valence-electron chi connectivity index (χ3n) is 3.43. The number of carbonyl (C=O) groups is 2. The van der Waals surface area contributed by atoms with E-state index in [2.05, 4.69) is 10.6 Å². The number of para-hydroxylation sites is 1. The van der Waals surface area contributed by atoms with Gasteiger partial charge in [0.05, 0.1) is 6.61 Å². The Hall–Kier alpha value is -2.86. The summed E-state index contributed by atoms with van der Waals surface area (Å²) in [6.07, 6.45) is -0.639. The van der Waals surface area contributed by atoms with Crippen molar-refractivity contribution in [3.8, 4) is 5.75 Å². The van der Waals surface area contributed by atoms with Crippen molar-refractivity contribution in [2.45, 2.75) is 13.0 Å². The summed E-state index contributed by atoms with van der Waals surface area (Å²) in [5, 5.41) is 5.50. The van der Waals surface area contributed by atoms with Crippen molar-refractivity contribution in [1.82, 2.24) is 5.32 Å². The molecule has 0 radical (unpaired) electrons. The van der Waals surface area contributed by atoms with Crippen LogP contribution < -0.4 is 15.4 Å². The molecule has 0 aliphatic rings. The summed E-state index contributed by atoms with van der Waals surface area (Å²) in [4.78, 5) is 24.1. The fraction of sp³-hybridized carbons (Fsp3) is 0.263. The highest BCUT2D eigenvalue weighted by Gasteiger charge is 2.15. The minimum Gasteiger partial charge on any atom is -0.481 e. The smallest absolute Gasteiger partial charge is 0.265 e. The van der Waals surface area contributed by atoms with Gasteiger partial charge in [0.2, 0.25) is 0 Å². The third kappa shape index (κ3) is 5.93. The SMILES string of the molecule is COCCNC(=O)c1ccc(NC(=O)C(C)Oc2ccccc2)cc1. The van der Waals surface area contributed by atoms with E-state index >= 15 is 0 Å². The normalized spacial score (nSPS) is 11.4. The monoisotopic (exact) mass is 342 g/mol. The van der Waals surface area contributed by atoms with Gasteiger partial charge in [0.25, 0.3) is 11.8 Å². The molecule has 2 aromatic rings. The lowest BCUT2D eigenvalue weighted by Gasteiger charge is -2.14. The zero-order chi connectivity index (χ0) is 18.1. The molecule has 0 fully saturated rings. The Morgan fingerprint density at radius 3 is 2.36 bits per heavy atom. The summed E-state index contributed by atoms with van der Waals surface area (Å²) in [6.45, 7) is 2.58. The molecule has 0 spiro atoms. The van der Waals surface area contributed by atoms with Crippen LogP contribution in [-0.4, -0.2) is 38.2 Å². The summed E-state index contributed by atoms with van der Waals surface area (Å²) in [7, 11) is 1.58. The van der Waals surface area contributed by atoms with E-state index in [1.807, 2.05) is 18.2 Å². The molecular formula is C19H22N2O4. The van der Waals surface area contributed by atoms with E-state index in [4.69, 9.17) is 9.47 Å². The molecule has 0 heterocycles. The van der Waals surface area contributed by atoms with Gasteiger partial charge in [-0.3, -0.25) is 9.59 Å². The fourth-order valence-electron chi connectivity index (χ4n) is 2.07. The Balaban J connectivity index is 1.87. The molecule has 6 heteroatoms. The Morgan fingerprint density at radius 2 is 1.72 bits per heavy atom. The molecular weight excluding hydrogens is 320 g/mol. The number of methoxy groups -OCH3 is 1. The number of nitrogens with one attached hydrogen (secondary N) is 2. The van der Waals surface area contributed by atoms with Gasteiger partial charge in [0.15, 0.2) is 6.10 Å². The first kappa shape index (κ1) is 18.5. The molecule has 0 aromatic heterocycles. The number of anilines is 1. The zero-order valence-corrected chi connectivity index (χ0v) is 14.3. The molecule has 0 saturated heterocycles. The highest BCUT2D eigenvalue weighted by molar-refractivity contribution is 5.96. The molecule has 2 aromatic carbocycles. The number of rotatable bonds is 8. The van der Waals surface area contributed by atoms with Gasteiger partial charge in [-0.25, -0.2) is 0 Å². The predicted molar refractivity (Wildman–Crippen MR) is 95.8 cm³/mol. The van der Waals surface area contributed by atoms with Gasteiger partial charge in [0, 0.05) is 24.9 Å². The van der Waals surface area contributed by atoms with Crippen LogP contribution in [0.1, 0.15) is 17.3 Å². The van der Waals surface area contributed by atoms with Crippen molar-refractivity contribution in [1.29, 1.82) is 0 Å². The molecule has 25 heavy (non-hydrogen) atoms. The lowest BCUT2D eigenvalue weighted by atomic mass is 10.2. The molecule has 2 amide bonds. The molecule has 0 bridgehead atoms. The maximum Gasteiger partial charge on any atom is 0.265 e. The highest BCUT2D eigenvalue weighted by atomic mass is 16.5. The Labute approximate surface area is 147 Å². The number of hydrogen-bond donors (Lipinski definition) is 2. The first-order valence-electron chi connectivity index (χ1n) is 8.00. The maximum atomic E-state index is 12.2. The number of hydrogen-bond acceptors (Lipinski definition) is 4. The van der Waals surface area contributed by atoms with E-state index in [0.717, 1.165) is 0 Å². The Kier molecular flexibility index (Phi) is 6.98. The van der Waals surface area contributed by atoms with Crippen LogP contribution in [0.15, 0.2) is 54.6 Å². The molecule has 0 saturated carbocycles. The Bertz CT molecular complexity index is 686. The zero-order valence-electron chi connectivity index (χ0n) is 14.3. The van der Waals surface area contributed by atoms with E-state index in [-0.39, 0.29) is 11.8 Å². The van der Waals surface area contributed by atoms with Gasteiger partial charge < -0.3 is 20.1 Å². The van der Waals surface area contributed by atoms with Crippen LogP contribution in [0.25, 0.3) is 0 Å². The molecule has 132 valence electrons. The van der Waals surface area contributed by atoms with Crippen molar-refractivity contribution >= 4 is 17.5 Å². The Morgan fingerprint density at radius 1 is 1.04 bits per heavy atom. The van der Waals surface area contributed by atoms with E-state index in [1.54, 1.807) is 50.4 Å². The second-order valence-electron chi connectivity index (χ2n) is 5.39. The van der Waals surface area contributed by atoms with Crippen LogP contribution in [0, 0.1) is 0 Å². The molecule has 2 N–H and O–H groups in total. The maximum absolute atomic E-state index is 12.2. The molecule has 0 aliphatic heterocycles. The van der Waals surface area contributed by atoms with Gasteiger partial charge in [0.1, 0.15) is 5.75 Å². The number of ether oxygens (including phenoxy) is 2. The van der Waals surface area contributed by atoms with Gasteiger partial charge >= 0.3 is 0 Å². The van der Waals surface area contributed by atoms with Gasteiger partial charge in [-0.15, -0.1) is 0 Å². The van der Waals surface area contributed by atoms with Crippen LogP contribution >= 0.6 is 0 Å². The third-order valence-corrected chi connectivity index (χ3v) is 3.43. The van der Waals surface area contributed by atoms with Crippen molar-refractivity contribution in [3.63, 3.8) is 0 Å². The van der Waals surface area contributed by atoms with Crippen LogP contribution in [0.2, 0.25) is 0 Å². The summed E-state index contributed by atoms with van der Waals surface area (Å²) < 4.78 is 10.5. The van der Waals surface area contributed by atoms with Crippen molar-refractivity contribution in [2.75, 3.05) is 25.6 Å². The average molecular weight is 342 g/mol. The van der Waals surface area contributed by atoms with Crippen molar-refractivity contribution in [3.05, 3.63) is 60.2 Å². The van der Waals surface area contributed by atoms with Crippen LogP contribution in [0.3, 0.4) is 0 Å². The van der Waals surface area contributed by atoms with Gasteiger partial charge in [-0.1, -0.05) is 18.2 Å². The molecule has 0 aliphatic carbocycles. The lowest BCUT2D eigenvalue weighted by Crippen LogP contribution is -2.30. The van der Waals surface area contributed by atoms with E-state index in [0.29, 0.717) is 30.2 Å². The summed E-state index contributed by atoms with van der Waals surface area (Å²) in [6, 6.07) is 15.8. The first-order chi connectivity index (χ1) is 12.1. The van der Waals surface area contributed by atoms with Crippen LogP contribution in [0.4, 0.5) is 5.69 Å². The van der Waals surface area contributed by atoms with Gasteiger partial charge in [-0.2, -0.15) is 0 Å². The number of carbonyl (C=O) groups excluding carboxylic acids is 2. The molecule has 1 atom stereocenters. The standard InChI is InChI=1S/C19H22N2O4/c1-14(25-17-6-4-3-5-7-17)18(22)21-16-10-8-15(9-11-16)19(23)20-12-13-24-2/h3-11,14H,12-13H2,1-2H3,(H,20,23)(H,21,22). The van der Waals surface area contributed by atoms with E-state index < -0.39 is 6.10 Å². The van der Waals surface area contributed by atoms with Gasteiger partial charge in [-0.05, 0) is 43.3 Å². The van der Waals surface area contributed by atoms with Crippen LogP contribution in [0.5, 0.6) is 5.75 Å². The highest BCUT2D eigenvalue weighted by Crippen LogP contribution is 2.13. The molecule has 2 rings (SSSR count). The molecule has 6 nitrogen and oxygen atoms in total. The predicted octanol–water partition coefficient (Wildman–Crippen LogP) is 2.47. The van der Waals surface area contributed by atoms with E-state index in [9.17, 15) is 9.59 Å². The second-order valence-corrected chi connectivity index (χ2v) is 5.39. The lowest BCUT2D eigenvalue weighted by molar-refractivity contribution is -0.122. The summed E-state index contributed by atoms with van der Waals surface area (Å²) in [5.74, 6) is 0.185. The minimum atomic E-state index is -0.639. The second kappa shape index (κ2) is 9.44. The van der Waals surface area contributed by atoms with Crippen molar-refractivity contribution < 1.29 is 19.1 Å². The number of benzene rings is 2. The minimum absolute atomic E-state index is 0.185. The quantitative estimate of drug-likeness (QED) is 0.723. The summed E-state index contributed by atoms with van der Waals surface area (Å²) >= 11 is 0. The molecule has 1 unspecified atom stereocenters. The topological polar surface area (TPSA) is 76.7 Å². The number of amides is 2. The van der Waals surface area contributed by atoms with Crippen molar-refractivity contribution in [2.24, 2.45) is 0 Å². The first-order valence-corrected chi connectivity index (χ1v) is 8.00. The van der Waals surface area contributed by atoms with E-state index in [1.165, 1.54) is 0 Å². The fourth-order valence-corrected chi connectivity index (χ4v) is 2.07. The average Bonchev–Trinajstić information content (AvgIpc) is 2.63. The van der Waals surface area contributed by atoms with Crippen LogP contribution in [-0.2, 0) is 9.53 Å². The largest absolute Gasteiger partial charge is 0.481 e. The summed E-state index contributed by atoms with van der Waals surface area (Å²) in [5.41, 5.74) is 1.12.